The number of nitrogens with zero attached hydrogens (tertiary/aromatic N) is 2. The van der Waals surface area contributed by atoms with Gasteiger partial charge < -0.3 is 4.57 Å². The second-order valence-electron chi connectivity index (χ2n) is 7.65. The van der Waals surface area contributed by atoms with Crippen molar-refractivity contribution in [3.05, 3.63) is 94.8 Å². The van der Waals surface area contributed by atoms with Crippen molar-refractivity contribution in [2.45, 2.75) is 45.1 Å². The molecule has 0 aliphatic carbocycles. The Labute approximate surface area is 169 Å². The first-order valence-corrected chi connectivity index (χ1v) is 10.1. The summed E-state index contributed by atoms with van der Waals surface area (Å²) in [5.74, 6) is 0. The predicted molar refractivity (Wildman–Crippen MR) is 109 cm³/mol. The van der Waals surface area contributed by atoms with Crippen LogP contribution < -0.4 is 0 Å². The fraction of sp³-hybridized carbons (Fsp3) is 0.333. The number of fused-ring (bicyclic) bond motifs is 1. The quantitative estimate of drug-likeness (QED) is 0.518. The van der Waals surface area contributed by atoms with Gasteiger partial charge in [-0.2, -0.15) is 13.2 Å². The summed E-state index contributed by atoms with van der Waals surface area (Å²) in [5, 5.41) is 0. The lowest BCUT2D eigenvalue weighted by atomic mass is 9.99. The van der Waals surface area contributed by atoms with Crippen molar-refractivity contribution >= 4 is 0 Å². The van der Waals surface area contributed by atoms with E-state index in [4.69, 9.17) is 0 Å². The molecule has 2 aromatic carbocycles. The van der Waals surface area contributed by atoms with E-state index in [0.717, 1.165) is 32.0 Å². The molecule has 0 N–H and O–H groups in total. The zero-order valence-corrected chi connectivity index (χ0v) is 16.5. The highest BCUT2D eigenvalue weighted by Crippen LogP contribution is 2.34. The summed E-state index contributed by atoms with van der Waals surface area (Å²) >= 11 is 0. The van der Waals surface area contributed by atoms with Gasteiger partial charge in [-0.05, 0) is 47.7 Å². The molecule has 2 heterocycles. The number of alkyl halides is 3. The lowest BCUT2D eigenvalue weighted by Gasteiger charge is -2.31. The van der Waals surface area contributed by atoms with Crippen molar-refractivity contribution in [2.24, 2.45) is 0 Å². The van der Waals surface area contributed by atoms with Gasteiger partial charge in [0.05, 0.1) is 11.6 Å². The van der Waals surface area contributed by atoms with Gasteiger partial charge in [0.25, 0.3) is 0 Å². The molecule has 0 amide bonds. The van der Waals surface area contributed by atoms with Crippen LogP contribution in [0.15, 0.2) is 66.9 Å². The first kappa shape index (κ1) is 19.8. The number of halogens is 3. The molecule has 0 radical (unpaired) electrons. The molecule has 3 aromatic rings. The average molecular weight is 398 g/mol. The second kappa shape index (κ2) is 8.07. The smallest absolute Gasteiger partial charge is 0.350 e. The standard InChI is InChI=1S/C24H25F3N2/c1-2-18-9-11-20(12-10-18)23-22-8-4-13-28(22)14-5-15-29(23)17-19-6-3-7-21(16-19)24(25,26)27/h3-4,6-13,16,23H,2,5,14-15,17H2,1H3. The molecule has 2 nitrogen and oxygen atoms in total. The number of aryl methyl sites for hydroxylation is 2. The largest absolute Gasteiger partial charge is 0.416 e. The topological polar surface area (TPSA) is 8.17 Å². The molecule has 152 valence electrons. The number of benzene rings is 2. The van der Waals surface area contributed by atoms with Crippen LogP contribution in [0.5, 0.6) is 0 Å². The Bertz CT molecular complexity index is 957. The van der Waals surface area contributed by atoms with Crippen molar-refractivity contribution in [3.8, 4) is 0 Å². The Balaban J connectivity index is 1.70. The van der Waals surface area contributed by atoms with Crippen LogP contribution >= 0.6 is 0 Å². The molecular formula is C24H25F3N2. The van der Waals surface area contributed by atoms with Gasteiger partial charge in [-0.1, -0.05) is 49.4 Å². The van der Waals surface area contributed by atoms with Crippen LogP contribution in [0.3, 0.4) is 0 Å². The molecule has 0 fully saturated rings. The van der Waals surface area contributed by atoms with E-state index >= 15 is 0 Å². The Hall–Kier alpha value is -2.53. The molecule has 1 atom stereocenters. The van der Waals surface area contributed by atoms with Crippen molar-refractivity contribution in [3.63, 3.8) is 0 Å². The molecule has 29 heavy (non-hydrogen) atoms. The normalized spacial score (nSPS) is 17.7. The third-order valence-corrected chi connectivity index (χ3v) is 5.70. The lowest BCUT2D eigenvalue weighted by molar-refractivity contribution is -0.137. The van der Waals surface area contributed by atoms with E-state index in [0.29, 0.717) is 12.1 Å². The summed E-state index contributed by atoms with van der Waals surface area (Å²) in [7, 11) is 0. The molecule has 1 aliphatic heterocycles. The number of aromatic nitrogens is 1. The molecule has 0 spiro atoms. The van der Waals surface area contributed by atoms with Gasteiger partial charge in [-0.3, -0.25) is 4.90 Å². The van der Waals surface area contributed by atoms with E-state index in [-0.39, 0.29) is 6.04 Å². The molecule has 5 heteroatoms. The Morgan fingerprint density at radius 1 is 0.931 bits per heavy atom. The van der Waals surface area contributed by atoms with Crippen molar-refractivity contribution in [1.29, 1.82) is 0 Å². The summed E-state index contributed by atoms with van der Waals surface area (Å²) in [4.78, 5) is 2.30. The highest BCUT2D eigenvalue weighted by atomic mass is 19.4. The minimum atomic E-state index is -4.32. The van der Waals surface area contributed by atoms with Crippen LogP contribution in [0.2, 0.25) is 0 Å². The zero-order chi connectivity index (χ0) is 20.4. The van der Waals surface area contributed by atoms with Crippen molar-refractivity contribution in [1.82, 2.24) is 9.47 Å². The van der Waals surface area contributed by atoms with Gasteiger partial charge in [-0.15, -0.1) is 0 Å². The molecule has 1 unspecified atom stereocenters. The molecule has 1 aliphatic rings. The SMILES string of the molecule is CCc1ccc(C2c3cccn3CCCN2Cc2cccc(C(F)(F)F)c2)cc1. The molecule has 4 rings (SSSR count). The number of rotatable bonds is 4. The summed E-state index contributed by atoms with van der Waals surface area (Å²) in [6, 6.07) is 18.5. The lowest BCUT2D eigenvalue weighted by Crippen LogP contribution is -2.29. The maximum Gasteiger partial charge on any atom is 0.416 e. The van der Waals surface area contributed by atoms with Crippen molar-refractivity contribution in [2.75, 3.05) is 6.54 Å². The van der Waals surface area contributed by atoms with E-state index in [2.05, 4.69) is 59.0 Å². The average Bonchev–Trinajstić information content (AvgIpc) is 3.09. The van der Waals surface area contributed by atoms with Crippen LogP contribution in [-0.4, -0.2) is 16.0 Å². The van der Waals surface area contributed by atoms with Gasteiger partial charge in [0, 0.05) is 31.5 Å². The maximum atomic E-state index is 13.2. The van der Waals surface area contributed by atoms with Crippen LogP contribution in [0.4, 0.5) is 13.2 Å². The molecule has 0 saturated heterocycles. The highest BCUT2D eigenvalue weighted by Gasteiger charge is 2.31. The van der Waals surface area contributed by atoms with E-state index < -0.39 is 11.7 Å². The van der Waals surface area contributed by atoms with Gasteiger partial charge in [0.15, 0.2) is 0 Å². The van der Waals surface area contributed by atoms with E-state index in [1.165, 1.54) is 29.0 Å². The van der Waals surface area contributed by atoms with Gasteiger partial charge >= 0.3 is 6.18 Å². The fourth-order valence-corrected chi connectivity index (χ4v) is 4.21. The van der Waals surface area contributed by atoms with Crippen molar-refractivity contribution < 1.29 is 13.2 Å². The minimum absolute atomic E-state index is 0.0212. The molecule has 0 bridgehead atoms. The minimum Gasteiger partial charge on any atom is -0.350 e. The first-order chi connectivity index (χ1) is 14.0. The van der Waals surface area contributed by atoms with Gasteiger partial charge in [0.1, 0.15) is 0 Å². The Morgan fingerprint density at radius 3 is 2.45 bits per heavy atom. The maximum absolute atomic E-state index is 13.2. The summed E-state index contributed by atoms with van der Waals surface area (Å²) in [5.41, 5.74) is 3.75. The Kier molecular flexibility index (Phi) is 5.50. The molecule has 1 aromatic heterocycles. The van der Waals surface area contributed by atoms with Crippen LogP contribution in [0, 0.1) is 0 Å². The number of hydrogen-bond donors (Lipinski definition) is 0. The molecular weight excluding hydrogens is 373 g/mol. The van der Waals surface area contributed by atoms with Crippen LogP contribution in [0.1, 0.15) is 47.3 Å². The monoisotopic (exact) mass is 398 g/mol. The van der Waals surface area contributed by atoms with Gasteiger partial charge in [-0.25, -0.2) is 0 Å². The van der Waals surface area contributed by atoms with E-state index in [1.807, 2.05) is 0 Å². The highest BCUT2D eigenvalue weighted by molar-refractivity contribution is 5.33. The summed E-state index contributed by atoms with van der Waals surface area (Å²) < 4.78 is 41.8. The zero-order valence-electron chi connectivity index (χ0n) is 16.5. The van der Waals surface area contributed by atoms with Gasteiger partial charge in [0.2, 0.25) is 0 Å². The van der Waals surface area contributed by atoms with E-state index in [1.54, 1.807) is 6.07 Å². The summed E-state index contributed by atoms with van der Waals surface area (Å²) in [6.45, 7) is 4.37. The van der Waals surface area contributed by atoms with E-state index in [9.17, 15) is 13.2 Å². The fourth-order valence-electron chi connectivity index (χ4n) is 4.21. The predicted octanol–water partition coefficient (Wildman–Crippen LogP) is 6.06. The first-order valence-electron chi connectivity index (χ1n) is 10.1. The Morgan fingerprint density at radius 2 is 1.72 bits per heavy atom. The molecule has 0 saturated carbocycles. The second-order valence-corrected chi connectivity index (χ2v) is 7.65. The summed E-state index contributed by atoms with van der Waals surface area (Å²) in [6.07, 6.45) is -0.283. The third kappa shape index (κ3) is 4.25. The third-order valence-electron chi connectivity index (χ3n) is 5.70. The van der Waals surface area contributed by atoms with Crippen LogP contribution in [0.25, 0.3) is 0 Å². The van der Waals surface area contributed by atoms with Crippen LogP contribution in [-0.2, 0) is 25.7 Å². The number of hydrogen-bond acceptors (Lipinski definition) is 1.